The molecule has 174 valence electrons. The van der Waals surface area contributed by atoms with Gasteiger partial charge in [-0.05, 0) is 37.3 Å². The fraction of sp³-hybridized carbons (Fsp3) is 0.348. The molecule has 9 nitrogen and oxygen atoms in total. The third-order valence-corrected chi connectivity index (χ3v) is 7.61. The van der Waals surface area contributed by atoms with E-state index >= 15 is 0 Å². The Labute approximate surface area is 193 Å². The Bertz CT molecular complexity index is 1440. The minimum absolute atomic E-state index is 0.0556. The van der Waals surface area contributed by atoms with Gasteiger partial charge in [0.05, 0.1) is 27.0 Å². The first kappa shape index (κ1) is 22.9. The summed E-state index contributed by atoms with van der Waals surface area (Å²) in [6.07, 6.45) is 0.753. The van der Waals surface area contributed by atoms with Crippen LogP contribution in [0.1, 0.15) is 18.1 Å². The van der Waals surface area contributed by atoms with Gasteiger partial charge < -0.3 is 14.5 Å². The monoisotopic (exact) mass is 468 g/mol. The molecule has 0 fully saturated rings. The zero-order valence-corrected chi connectivity index (χ0v) is 20.1. The summed E-state index contributed by atoms with van der Waals surface area (Å²) in [7, 11) is 1.34. The van der Waals surface area contributed by atoms with Gasteiger partial charge in [-0.15, -0.1) is 0 Å². The van der Waals surface area contributed by atoms with E-state index in [1.165, 1.54) is 18.4 Å². The van der Waals surface area contributed by atoms with Crippen molar-refractivity contribution in [3.8, 4) is 0 Å². The number of rotatable bonds is 8. The summed E-state index contributed by atoms with van der Waals surface area (Å²) in [4.78, 5) is 21.7. The standard InChI is InChI=1S/C23H28N6O3S/c1-16-25-18-7-5-6-8-21(18)29(16)14-13-24-23(30)12-11-22-26-19-15-17(33(31,32)27(2)3)9-10-20(19)28(22)4/h5-10,15H,11-14H2,1-4H3,(H,24,30). The number of fused-ring (bicyclic) bond motifs is 2. The molecule has 0 spiro atoms. The number of sulfonamides is 1. The Kier molecular flexibility index (Phi) is 6.22. The van der Waals surface area contributed by atoms with Crippen molar-refractivity contribution in [2.45, 2.75) is 31.2 Å². The van der Waals surface area contributed by atoms with Crippen LogP contribution in [0.3, 0.4) is 0 Å². The van der Waals surface area contributed by atoms with Crippen LogP contribution in [0.4, 0.5) is 0 Å². The summed E-state index contributed by atoms with van der Waals surface area (Å²) in [5.74, 6) is 1.59. The van der Waals surface area contributed by atoms with Crippen molar-refractivity contribution in [3.63, 3.8) is 0 Å². The van der Waals surface area contributed by atoms with Gasteiger partial charge in [0, 0.05) is 47.1 Å². The minimum atomic E-state index is -3.53. The maximum atomic E-state index is 12.4. The molecule has 2 aromatic heterocycles. The number of hydrogen-bond donors (Lipinski definition) is 1. The summed E-state index contributed by atoms with van der Waals surface area (Å²) in [5, 5.41) is 2.97. The Morgan fingerprint density at radius 2 is 1.82 bits per heavy atom. The molecule has 0 aliphatic heterocycles. The number of nitrogens with zero attached hydrogens (tertiary/aromatic N) is 5. The number of para-hydroxylation sites is 2. The summed E-state index contributed by atoms with van der Waals surface area (Å²) in [5.41, 5.74) is 3.42. The molecule has 4 aromatic rings. The van der Waals surface area contributed by atoms with Crippen LogP contribution in [0.25, 0.3) is 22.1 Å². The van der Waals surface area contributed by atoms with Crippen LogP contribution in [0.5, 0.6) is 0 Å². The van der Waals surface area contributed by atoms with Crippen molar-refractivity contribution in [1.29, 1.82) is 0 Å². The van der Waals surface area contributed by atoms with Crippen molar-refractivity contribution < 1.29 is 13.2 Å². The van der Waals surface area contributed by atoms with E-state index in [-0.39, 0.29) is 10.8 Å². The van der Waals surface area contributed by atoms with Gasteiger partial charge in [-0.25, -0.2) is 22.7 Å². The fourth-order valence-electron chi connectivity index (χ4n) is 3.92. The molecule has 0 saturated heterocycles. The van der Waals surface area contributed by atoms with E-state index in [1.54, 1.807) is 18.2 Å². The smallest absolute Gasteiger partial charge is 0.242 e. The lowest BCUT2D eigenvalue weighted by Crippen LogP contribution is -2.27. The molecule has 2 aromatic carbocycles. The Balaban J connectivity index is 1.38. The average molecular weight is 469 g/mol. The van der Waals surface area contributed by atoms with Crippen LogP contribution in [-0.4, -0.2) is 58.4 Å². The molecular weight excluding hydrogens is 440 g/mol. The summed E-state index contributed by atoms with van der Waals surface area (Å²) < 4.78 is 30.0. The van der Waals surface area contributed by atoms with Gasteiger partial charge >= 0.3 is 0 Å². The Morgan fingerprint density at radius 1 is 1.06 bits per heavy atom. The Hall–Kier alpha value is -3.24. The maximum Gasteiger partial charge on any atom is 0.242 e. The van der Waals surface area contributed by atoms with Gasteiger partial charge in [-0.1, -0.05) is 12.1 Å². The third-order valence-electron chi connectivity index (χ3n) is 5.80. The number of aryl methyl sites for hydroxylation is 3. The first-order chi connectivity index (χ1) is 15.7. The molecule has 4 rings (SSSR count). The van der Waals surface area contributed by atoms with Crippen LogP contribution in [0, 0.1) is 6.92 Å². The summed E-state index contributed by atoms with van der Waals surface area (Å²) >= 11 is 0. The number of carbonyl (C=O) groups excluding carboxylic acids is 1. The molecule has 0 aliphatic carbocycles. The number of nitrogens with one attached hydrogen (secondary N) is 1. The second-order valence-corrected chi connectivity index (χ2v) is 10.3. The first-order valence-electron chi connectivity index (χ1n) is 10.7. The molecule has 1 amide bonds. The number of aromatic nitrogens is 4. The van der Waals surface area contributed by atoms with E-state index in [2.05, 4.69) is 19.9 Å². The van der Waals surface area contributed by atoms with Crippen LogP contribution >= 0.6 is 0 Å². The van der Waals surface area contributed by atoms with Crippen LogP contribution in [-0.2, 0) is 34.8 Å². The van der Waals surface area contributed by atoms with E-state index in [0.717, 1.165) is 28.2 Å². The SMILES string of the molecule is Cc1nc2ccccc2n1CCNC(=O)CCc1nc2cc(S(=O)(=O)N(C)C)ccc2n1C. The lowest BCUT2D eigenvalue weighted by Gasteiger charge is -2.10. The third kappa shape index (κ3) is 4.49. The highest BCUT2D eigenvalue weighted by atomic mass is 32.2. The Morgan fingerprint density at radius 3 is 2.58 bits per heavy atom. The lowest BCUT2D eigenvalue weighted by atomic mass is 10.3. The fourth-order valence-corrected chi connectivity index (χ4v) is 4.85. The van der Waals surface area contributed by atoms with E-state index in [0.29, 0.717) is 31.4 Å². The molecule has 0 atom stereocenters. The van der Waals surface area contributed by atoms with E-state index < -0.39 is 10.0 Å². The number of amides is 1. The van der Waals surface area contributed by atoms with E-state index in [4.69, 9.17) is 0 Å². The second-order valence-electron chi connectivity index (χ2n) is 8.17. The van der Waals surface area contributed by atoms with Crippen LogP contribution in [0.2, 0.25) is 0 Å². The van der Waals surface area contributed by atoms with Crippen LogP contribution in [0.15, 0.2) is 47.4 Å². The van der Waals surface area contributed by atoms with Gasteiger partial charge in [0.2, 0.25) is 15.9 Å². The summed E-state index contributed by atoms with van der Waals surface area (Å²) in [6.45, 7) is 3.12. The normalized spacial score (nSPS) is 12.2. The van der Waals surface area contributed by atoms with Crippen molar-refractivity contribution in [2.24, 2.45) is 7.05 Å². The molecule has 2 heterocycles. The average Bonchev–Trinajstić information content (AvgIpc) is 3.27. The topological polar surface area (TPSA) is 102 Å². The molecule has 0 aliphatic rings. The second kappa shape index (κ2) is 8.95. The van der Waals surface area contributed by atoms with Crippen molar-refractivity contribution in [2.75, 3.05) is 20.6 Å². The highest BCUT2D eigenvalue weighted by Crippen LogP contribution is 2.22. The minimum Gasteiger partial charge on any atom is -0.354 e. The highest BCUT2D eigenvalue weighted by Gasteiger charge is 2.19. The van der Waals surface area contributed by atoms with E-state index in [1.807, 2.05) is 42.8 Å². The molecule has 0 radical (unpaired) electrons. The zero-order valence-electron chi connectivity index (χ0n) is 19.2. The number of imidazole rings is 2. The first-order valence-corrected chi connectivity index (χ1v) is 12.2. The maximum absolute atomic E-state index is 12.4. The van der Waals surface area contributed by atoms with Crippen molar-refractivity contribution in [1.82, 2.24) is 28.7 Å². The number of hydrogen-bond acceptors (Lipinski definition) is 5. The molecule has 0 unspecified atom stereocenters. The predicted octanol–water partition coefficient (Wildman–Crippen LogP) is 2.23. The largest absolute Gasteiger partial charge is 0.354 e. The van der Waals surface area contributed by atoms with Gasteiger partial charge in [0.25, 0.3) is 0 Å². The van der Waals surface area contributed by atoms with Crippen molar-refractivity contribution >= 4 is 38.0 Å². The molecular formula is C23H28N6O3S. The van der Waals surface area contributed by atoms with Gasteiger partial charge in [-0.3, -0.25) is 4.79 Å². The number of carbonyl (C=O) groups is 1. The summed E-state index contributed by atoms with van der Waals surface area (Å²) in [6, 6.07) is 12.9. The molecule has 33 heavy (non-hydrogen) atoms. The molecule has 1 N–H and O–H groups in total. The van der Waals surface area contributed by atoms with E-state index in [9.17, 15) is 13.2 Å². The predicted molar refractivity (Wildman–Crippen MR) is 127 cm³/mol. The molecule has 0 saturated carbocycles. The van der Waals surface area contributed by atoms with Crippen LogP contribution < -0.4 is 5.32 Å². The highest BCUT2D eigenvalue weighted by molar-refractivity contribution is 7.89. The van der Waals surface area contributed by atoms with Gasteiger partial charge in [0.1, 0.15) is 11.6 Å². The van der Waals surface area contributed by atoms with Gasteiger partial charge in [0.15, 0.2) is 0 Å². The zero-order chi connectivity index (χ0) is 23.8. The van der Waals surface area contributed by atoms with Gasteiger partial charge in [-0.2, -0.15) is 0 Å². The molecule has 0 bridgehead atoms. The number of benzene rings is 2. The molecule has 10 heteroatoms. The van der Waals surface area contributed by atoms with Crippen molar-refractivity contribution in [3.05, 3.63) is 54.1 Å². The quantitative estimate of drug-likeness (QED) is 0.427. The lowest BCUT2D eigenvalue weighted by molar-refractivity contribution is -0.121.